The average Bonchev–Trinajstić information content (AvgIpc) is 2.46. The summed E-state index contributed by atoms with van der Waals surface area (Å²) in [5, 5.41) is 4.61. The first-order valence-electron chi connectivity index (χ1n) is 6.17. The Labute approximate surface area is 118 Å². The van der Waals surface area contributed by atoms with Gasteiger partial charge in [-0.1, -0.05) is 0 Å². The molecular weight excluding hydrogens is 279 g/mol. The van der Waals surface area contributed by atoms with Gasteiger partial charge in [0.05, 0.1) is 17.2 Å². The monoisotopic (exact) mass is 292 g/mol. The molecule has 3 amide bonds. The fourth-order valence-corrected chi connectivity index (χ4v) is 1.76. The van der Waals surface area contributed by atoms with E-state index < -0.39 is 17.8 Å². The predicted octanol–water partition coefficient (Wildman–Crippen LogP) is 0.381. The van der Waals surface area contributed by atoms with Crippen molar-refractivity contribution in [2.45, 2.75) is 13.0 Å². The Balaban J connectivity index is 2.15. The summed E-state index contributed by atoms with van der Waals surface area (Å²) in [6, 6.07) is 3.08. The highest BCUT2D eigenvalue weighted by atomic mass is 19.1. The highest BCUT2D eigenvalue weighted by molar-refractivity contribution is 5.94. The van der Waals surface area contributed by atoms with Gasteiger partial charge in [-0.25, -0.2) is 14.2 Å². The Kier molecular flexibility index (Phi) is 4.27. The lowest BCUT2D eigenvalue weighted by molar-refractivity contribution is -0.120. The number of carbonyl (C=O) groups is 2. The summed E-state index contributed by atoms with van der Waals surface area (Å²) >= 11 is 0. The topological polar surface area (TPSA) is 93.1 Å². The number of amides is 3. The molecule has 7 nitrogen and oxygen atoms in total. The lowest BCUT2D eigenvalue weighted by Gasteiger charge is -2.07. The summed E-state index contributed by atoms with van der Waals surface area (Å²) in [5.41, 5.74) is -0.112. The van der Waals surface area contributed by atoms with Gasteiger partial charge in [0.1, 0.15) is 5.82 Å². The van der Waals surface area contributed by atoms with Crippen molar-refractivity contribution in [1.29, 1.82) is 0 Å². The molecule has 0 atom stereocenters. The summed E-state index contributed by atoms with van der Waals surface area (Å²) in [5.74, 6) is -0.988. The van der Waals surface area contributed by atoms with E-state index in [-0.39, 0.29) is 29.4 Å². The van der Waals surface area contributed by atoms with Crippen LogP contribution in [0.5, 0.6) is 0 Å². The van der Waals surface area contributed by atoms with Crippen molar-refractivity contribution in [2.75, 3.05) is 7.05 Å². The summed E-state index contributed by atoms with van der Waals surface area (Å²) in [6.45, 7) is 0.0714. The number of hydrogen-bond acceptors (Lipinski definition) is 4. The van der Waals surface area contributed by atoms with E-state index in [1.165, 1.54) is 36.1 Å². The summed E-state index contributed by atoms with van der Waals surface area (Å²) in [6.07, 6.45) is 1.19. The van der Waals surface area contributed by atoms with Crippen molar-refractivity contribution >= 4 is 22.8 Å². The largest absolute Gasteiger partial charge is 0.341 e. The maximum absolute atomic E-state index is 13.0. The van der Waals surface area contributed by atoms with Crippen molar-refractivity contribution in [3.05, 3.63) is 40.7 Å². The van der Waals surface area contributed by atoms with E-state index in [2.05, 4.69) is 15.6 Å². The molecule has 1 heterocycles. The quantitative estimate of drug-likeness (QED) is 0.855. The molecule has 21 heavy (non-hydrogen) atoms. The van der Waals surface area contributed by atoms with Gasteiger partial charge >= 0.3 is 6.03 Å². The summed E-state index contributed by atoms with van der Waals surface area (Å²) < 4.78 is 14.3. The number of benzene rings is 1. The molecule has 0 aliphatic heterocycles. The second-order valence-electron chi connectivity index (χ2n) is 4.28. The molecule has 2 N–H and O–H groups in total. The Morgan fingerprint density at radius 1 is 1.38 bits per heavy atom. The number of aryl methyl sites for hydroxylation is 1. The van der Waals surface area contributed by atoms with Gasteiger partial charge in [-0.3, -0.25) is 19.5 Å². The van der Waals surface area contributed by atoms with Gasteiger partial charge in [0, 0.05) is 26.1 Å². The van der Waals surface area contributed by atoms with Gasteiger partial charge in [-0.15, -0.1) is 0 Å². The van der Waals surface area contributed by atoms with Crippen LogP contribution in [0.15, 0.2) is 29.3 Å². The molecule has 0 saturated heterocycles. The number of carbonyl (C=O) groups excluding carboxylic acids is 2. The Morgan fingerprint density at radius 3 is 2.86 bits per heavy atom. The Morgan fingerprint density at radius 2 is 2.14 bits per heavy atom. The molecule has 2 aromatic rings. The Bertz CT molecular complexity index is 757. The van der Waals surface area contributed by atoms with Gasteiger partial charge in [0.15, 0.2) is 0 Å². The van der Waals surface area contributed by atoms with E-state index in [1.807, 2.05) is 0 Å². The van der Waals surface area contributed by atoms with Crippen molar-refractivity contribution in [3.63, 3.8) is 0 Å². The average molecular weight is 292 g/mol. The second kappa shape index (κ2) is 6.12. The van der Waals surface area contributed by atoms with Crippen LogP contribution in [-0.2, 0) is 11.3 Å². The highest BCUT2D eigenvalue weighted by Crippen LogP contribution is 2.08. The lowest BCUT2D eigenvalue weighted by atomic mass is 10.2. The molecule has 2 rings (SSSR count). The third kappa shape index (κ3) is 3.41. The lowest BCUT2D eigenvalue weighted by Crippen LogP contribution is -2.38. The van der Waals surface area contributed by atoms with Gasteiger partial charge in [-0.2, -0.15) is 0 Å². The molecule has 0 fully saturated rings. The fraction of sp³-hybridized carbons (Fsp3) is 0.231. The first-order chi connectivity index (χ1) is 10.0. The van der Waals surface area contributed by atoms with Crippen molar-refractivity contribution in [2.24, 2.45) is 0 Å². The number of halogens is 1. The van der Waals surface area contributed by atoms with Crippen LogP contribution in [0, 0.1) is 5.82 Å². The molecule has 0 aliphatic rings. The molecule has 1 aromatic heterocycles. The number of aromatic nitrogens is 2. The van der Waals surface area contributed by atoms with Crippen molar-refractivity contribution < 1.29 is 14.0 Å². The third-order valence-electron chi connectivity index (χ3n) is 2.85. The maximum Gasteiger partial charge on any atom is 0.321 e. The number of rotatable bonds is 3. The van der Waals surface area contributed by atoms with Crippen LogP contribution >= 0.6 is 0 Å². The van der Waals surface area contributed by atoms with Crippen LogP contribution in [0.1, 0.15) is 6.42 Å². The minimum absolute atomic E-state index is 0.0539. The molecule has 110 valence electrons. The van der Waals surface area contributed by atoms with Crippen LogP contribution in [0.2, 0.25) is 0 Å². The van der Waals surface area contributed by atoms with Crippen molar-refractivity contribution in [1.82, 2.24) is 20.2 Å². The maximum atomic E-state index is 13.0. The Hall–Kier alpha value is -2.77. The molecule has 0 saturated carbocycles. The van der Waals surface area contributed by atoms with Crippen molar-refractivity contribution in [3.8, 4) is 0 Å². The van der Waals surface area contributed by atoms with E-state index in [1.54, 1.807) is 0 Å². The SMILES string of the molecule is CNC(=O)NC(=O)CCn1cnc2cc(F)ccc2c1=O. The van der Waals surface area contributed by atoms with Gasteiger partial charge in [-0.05, 0) is 12.1 Å². The normalized spacial score (nSPS) is 10.4. The molecule has 0 aliphatic carbocycles. The minimum Gasteiger partial charge on any atom is -0.341 e. The smallest absolute Gasteiger partial charge is 0.321 e. The first kappa shape index (κ1) is 14.6. The van der Waals surface area contributed by atoms with Crippen LogP contribution in [0.25, 0.3) is 10.9 Å². The van der Waals surface area contributed by atoms with E-state index >= 15 is 0 Å². The van der Waals surface area contributed by atoms with Crippen LogP contribution < -0.4 is 16.2 Å². The van der Waals surface area contributed by atoms with Crippen LogP contribution in [-0.4, -0.2) is 28.5 Å². The number of urea groups is 1. The molecule has 0 unspecified atom stereocenters. The zero-order chi connectivity index (χ0) is 15.4. The van der Waals surface area contributed by atoms with E-state index in [0.717, 1.165) is 0 Å². The highest BCUT2D eigenvalue weighted by Gasteiger charge is 2.09. The summed E-state index contributed by atoms with van der Waals surface area (Å²) in [7, 11) is 1.39. The van der Waals surface area contributed by atoms with Crippen LogP contribution in [0.3, 0.4) is 0 Å². The molecule has 0 radical (unpaired) electrons. The van der Waals surface area contributed by atoms with Gasteiger partial charge in [0.25, 0.3) is 5.56 Å². The van der Waals surface area contributed by atoms with Gasteiger partial charge < -0.3 is 5.32 Å². The van der Waals surface area contributed by atoms with E-state index in [4.69, 9.17) is 0 Å². The van der Waals surface area contributed by atoms with Gasteiger partial charge in [0.2, 0.25) is 5.91 Å². The molecular formula is C13H13FN4O3. The molecule has 0 bridgehead atoms. The second-order valence-corrected chi connectivity index (χ2v) is 4.28. The molecule has 0 spiro atoms. The third-order valence-corrected chi connectivity index (χ3v) is 2.85. The van der Waals surface area contributed by atoms with E-state index in [9.17, 15) is 18.8 Å². The van der Waals surface area contributed by atoms with Crippen LogP contribution in [0.4, 0.5) is 9.18 Å². The number of imide groups is 1. The molecule has 8 heteroatoms. The molecule has 1 aromatic carbocycles. The number of hydrogen-bond donors (Lipinski definition) is 2. The number of fused-ring (bicyclic) bond motifs is 1. The zero-order valence-corrected chi connectivity index (χ0v) is 11.2. The van der Waals surface area contributed by atoms with E-state index in [0.29, 0.717) is 0 Å². The predicted molar refractivity (Wildman–Crippen MR) is 73.2 cm³/mol. The number of nitrogens with zero attached hydrogens (tertiary/aromatic N) is 2. The number of nitrogens with one attached hydrogen (secondary N) is 2. The standard InChI is InChI=1S/C13H13FN4O3/c1-15-13(21)17-11(19)4-5-18-7-16-10-6-8(14)2-3-9(10)12(18)20/h2-3,6-7H,4-5H2,1H3,(H2,15,17,19,21). The first-order valence-corrected chi connectivity index (χ1v) is 6.17. The minimum atomic E-state index is -0.612. The fourth-order valence-electron chi connectivity index (χ4n) is 1.76. The zero-order valence-electron chi connectivity index (χ0n) is 11.2. The summed E-state index contributed by atoms with van der Waals surface area (Å²) in [4.78, 5) is 38.5.